The Morgan fingerprint density at radius 3 is 2.78 bits per heavy atom. The SMILES string of the molecule is O=C(CSc1nnc(-c2ccco2)n1-c1ccccc1Cl)NC1CCCC1. The first kappa shape index (κ1) is 18.1. The fourth-order valence-corrected chi connectivity index (χ4v) is 4.22. The van der Waals surface area contributed by atoms with E-state index in [2.05, 4.69) is 15.5 Å². The van der Waals surface area contributed by atoms with Crippen molar-refractivity contribution in [3.63, 3.8) is 0 Å². The van der Waals surface area contributed by atoms with E-state index in [4.69, 9.17) is 16.0 Å². The number of halogens is 1. The Balaban J connectivity index is 1.59. The van der Waals surface area contributed by atoms with E-state index in [1.807, 2.05) is 34.9 Å². The molecule has 1 aliphatic carbocycles. The highest BCUT2D eigenvalue weighted by Gasteiger charge is 2.21. The summed E-state index contributed by atoms with van der Waals surface area (Å²) in [5.74, 6) is 1.42. The predicted octanol–water partition coefficient (Wildman–Crippen LogP) is 4.33. The molecule has 0 unspecified atom stereocenters. The van der Waals surface area contributed by atoms with Gasteiger partial charge in [-0.3, -0.25) is 9.36 Å². The lowest BCUT2D eigenvalue weighted by atomic mass is 10.2. The molecule has 27 heavy (non-hydrogen) atoms. The number of furan rings is 1. The lowest BCUT2D eigenvalue weighted by Crippen LogP contribution is -2.33. The number of amides is 1. The van der Waals surface area contributed by atoms with Gasteiger partial charge in [-0.2, -0.15) is 0 Å². The standard InChI is InChI=1S/C19H19ClN4O2S/c20-14-8-3-4-9-15(14)24-18(16-10-5-11-26-16)22-23-19(24)27-12-17(25)21-13-6-1-2-7-13/h3-5,8-11,13H,1-2,6-7,12H2,(H,21,25). The third kappa shape index (κ3) is 4.04. The molecular weight excluding hydrogens is 384 g/mol. The van der Waals surface area contributed by atoms with Crippen molar-refractivity contribution in [3.8, 4) is 17.3 Å². The molecule has 1 aliphatic rings. The number of carbonyl (C=O) groups excluding carboxylic acids is 1. The molecule has 1 aromatic carbocycles. The molecule has 4 rings (SSSR count). The summed E-state index contributed by atoms with van der Waals surface area (Å²) in [6, 6.07) is 11.4. The van der Waals surface area contributed by atoms with Crippen LogP contribution in [0.4, 0.5) is 0 Å². The normalized spacial score (nSPS) is 14.6. The Kier molecular flexibility index (Phi) is 5.50. The van der Waals surface area contributed by atoms with Gasteiger partial charge in [0, 0.05) is 6.04 Å². The van der Waals surface area contributed by atoms with Crippen molar-refractivity contribution in [2.75, 3.05) is 5.75 Å². The van der Waals surface area contributed by atoms with Crippen LogP contribution in [-0.2, 0) is 4.79 Å². The van der Waals surface area contributed by atoms with Crippen molar-refractivity contribution in [2.24, 2.45) is 0 Å². The van der Waals surface area contributed by atoms with Gasteiger partial charge in [-0.25, -0.2) is 0 Å². The van der Waals surface area contributed by atoms with E-state index in [0.29, 0.717) is 27.8 Å². The molecule has 6 nitrogen and oxygen atoms in total. The number of nitrogens with zero attached hydrogens (tertiary/aromatic N) is 3. The fraction of sp³-hybridized carbons (Fsp3) is 0.316. The molecule has 0 saturated heterocycles. The lowest BCUT2D eigenvalue weighted by Gasteiger charge is -2.13. The van der Waals surface area contributed by atoms with Gasteiger partial charge in [0.25, 0.3) is 0 Å². The molecular formula is C19H19ClN4O2S. The highest BCUT2D eigenvalue weighted by molar-refractivity contribution is 7.99. The molecule has 1 fully saturated rings. The van der Waals surface area contributed by atoms with Crippen LogP contribution in [0.15, 0.2) is 52.2 Å². The summed E-state index contributed by atoms with van der Waals surface area (Å²) in [5, 5.41) is 12.8. The smallest absolute Gasteiger partial charge is 0.230 e. The summed E-state index contributed by atoms with van der Waals surface area (Å²) in [6.45, 7) is 0. The highest BCUT2D eigenvalue weighted by atomic mass is 35.5. The van der Waals surface area contributed by atoms with Gasteiger partial charge in [0.05, 0.1) is 22.7 Å². The predicted molar refractivity (Wildman–Crippen MR) is 105 cm³/mol. The number of para-hydroxylation sites is 1. The number of rotatable bonds is 6. The molecule has 0 atom stereocenters. The summed E-state index contributed by atoms with van der Waals surface area (Å²) in [6.07, 6.45) is 6.09. The maximum atomic E-state index is 12.3. The van der Waals surface area contributed by atoms with Crippen molar-refractivity contribution in [1.29, 1.82) is 0 Å². The number of thioether (sulfide) groups is 1. The van der Waals surface area contributed by atoms with Crippen LogP contribution in [0.3, 0.4) is 0 Å². The van der Waals surface area contributed by atoms with Crippen LogP contribution >= 0.6 is 23.4 Å². The number of carbonyl (C=O) groups is 1. The van der Waals surface area contributed by atoms with E-state index in [0.717, 1.165) is 18.5 Å². The van der Waals surface area contributed by atoms with Gasteiger partial charge in [0.1, 0.15) is 0 Å². The summed E-state index contributed by atoms with van der Waals surface area (Å²) in [5.41, 5.74) is 0.745. The molecule has 0 spiro atoms. The molecule has 1 N–H and O–H groups in total. The van der Waals surface area contributed by atoms with Crippen LogP contribution in [0.5, 0.6) is 0 Å². The third-order valence-electron chi connectivity index (χ3n) is 4.52. The Hall–Kier alpha value is -2.25. The monoisotopic (exact) mass is 402 g/mol. The van der Waals surface area contributed by atoms with Crippen molar-refractivity contribution < 1.29 is 9.21 Å². The van der Waals surface area contributed by atoms with Gasteiger partial charge in [0.2, 0.25) is 11.7 Å². The second-order valence-electron chi connectivity index (χ2n) is 6.41. The largest absolute Gasteiger partial charge is 0.461 e. The zero-order valence-corrected chi connectivity index (χ0v) is 16.2. The first-order valence-corrected chi connectivity index (χ1v) is 10.2. The van der Waals surface area contributed by atoms with Crippen LogP contribution in [0.25, 0.3) is 17.3 Å². The van der Waals surface area contributed by atoms with Crippen molar-refractivity contribution >= 4 is 29.3 Å². The average Bonchev–Trinajstić information content (AvgIpc) is 3.42. The maximum Gasteiger partial charge on any atom is 0.230 e. The van der Waals surface area contributed by atoms with Gasteiger partial charge in [-0.15, -0.1) is 10.2 Å². The third-order valence-corrected chi connectivity index (χ3v) is 5.77. The summed E-state index contributed by atoms with van der Waals surface area (Å²) in [4.78, 5) is 12.3. The van der Waals surface area contributed by atoms with E-state index in [1.165, 1.54) is 24.6 Å². The van der Waals surface area contributed by atoms with E-state index < -0.39 is 0 Å². The molecule has 2 aromatic heterocycles. The van der Waals surface area contributed by atoms with Gasteiger partial charge >= 0.3 is 0 Å². The number of hydrogen-bond donors (Lipinski definition) is 1. The molecule has 2 heterocycles. The van der Waals surface area contributed by atoms with E-state index in [1.54, 1.807) is 12.3 Å². The van der Waals surface area contributed by atoms with Gasteiger partial charge in [-0.1, -0.05) is 48.3 Å². The van der Waals surface area contributed by atoms with Gasteiger partial charge in [-0.05, 0) is 37.1 Å². The van der Waals surface area contributed by atoms with Crippen molar-refractivity contribution in [2.45, 2.75) is 36.9 Å². The summed E-state index contributed by atoms with van der Waals surface area (Å²) >= 11 is 7.74. The zero-order chi connectivity index (χ0) is 18.6. The van der Waals surface area contributed by atoms with Crippen LogP contribution in [-0.4, -0.2) is 32.5 Å². The number of benzene rings is 1. The Morgan fingerprint density at radius 1 is 1.22 bits per heavy atom. The molecule has 3 aromatic rings. The molecule has 140 valence electrons. The van der Waals surface area contributed by atoms with Crippen LogP contribution in [0.2, 0.25) is 5.02 Å². The molecule has 8 heteroatoms. The van der Waals surface area contributed by atoms with Gasteiger partial charge in [0.15, 0.2) is 10.9 Å². The molecule has 0 aliphatic heterocycles. The summed E-state index contributed by atoms with van der Waals surface area (Å²) in [7, 11) is 0. The minimum Gasteiger partial charge on any atom is -0.461 e. The average molecular weight is 403 g/mol. The van der Waals surface area contributed by atoms with Crippen molar-refractivity contribution in [1.82, 2.24) is 20.1 Å². The number of aromatic nitrogens is 3. The van der Waals surface area contributed by atoms with Crippen LogP contribution in [0.1, 0.15) is 25.7 Å². The summed E-state index contributed by atoms with van der Waals surface area (Å²) < 4.78 is 7.32. The first-order chi connectivity index (χ1) is 13.2. The fourth-order valence-electron chi connectivity index (χ4n) is 3.25. The number of hydrogen-bond acceptors (Lipinski definition) is 5. The topological polar surface area (TPSA) is 73.0 Å². The minimum absolute atomic E-state index is 0.0140. The Bertz CT molecular complexity index is 920. The Labute approximate surface area is 166 Å². The van der Waals surface area contributed by atoms with E-state index >= 15 is 0 Å². The van der Waals surface area contributed by atoms with Gasteiger partial charge < -0.3 is 9.73 Å². The second-order valence-corrected chi connectivity index (χ2v) is 7.76. The van der Waals surface area contributed by atoms with Crippen LogP contribution < -0.4 is 5.32 Å². The first-order valence-electron chi connectivity index (χ1n) is 8.89. The highest BCUT2D eigenvalue weighted by Crippen LogP contribution is 2.31. The minimum atomic E-state index is 0.0140. The molecule has 0 bridgehead atoms. The molecule has 0 radical (unpaired) electrons. The lowest BCUT2D eigenvalue weighted by molar-refractivity contribution is -0.119. The second kappa shape index (κ2) is 8.19. The van der Waals surface area contributed by atoms with Crippen molar-refractivity contribution in [3.05, 3.63) is 47.7 Å². The van der Waals surface area contributed by atoms with E-state index in [-0.39, 0.29) is 11.7 Å². The number of nitrogens with one attached hydrogen (secondary N) is 1. The quantitative estimate of drug-likeness (QED) is 0.621. The van der Waals surface area contributed by atoms with E-state index in [9.17, 15) is 4.79 Å². The van der Waals surface area contributed by atoms with Crippen LogP contribution in [0, 0.1) is 0 Å². The zero-order valence-electron chi connectivity index (χ0n) is 14.6. The maximum absolute atomic E-state index is 12.3. The molecule has 1 saturated carbocycles. The Morgan fingerprint density at radius 2 is 2.04 bits per heavy atom. The molecule has 1 amide bonds.